The van der Waals surface area contributed by atoms with E-state index in [2.05, 4.69) is 75.5 Å². The Morgan fingerprint density at radius 2 is 1.43 bits per heavy atom. The summed E-state index contributed by atoms with van der Waals surface area (Å²) in [6, 6.07) is 15.9. The Hall–Kier alpha value is -1.60. The van der Waals surface area contributed by atoms with Crippen LogP contribution in [-0.2, 0) is 0 Å². The van der Waals surface area contributed by atoms with E-state index in [0.717, 1.165) is 0 Å². The van der Waals surface area contributed by atoms with Crippen LogP contribution >= 0.6 is 0 Å². The zero-order valence-electron chi connectivity index (χ0n) is 13.9. The minimum Gasteiger partial charge on any atom is -0.309 e. The van der Waals surface area contributed by atoms with Gasteiger partial charge >= 0.3 is 0 Å². The topological polar surface area (TPSA) is 12.0 Å². The lowest BCUT2D eigenvalue weighted by molar-refractivity contribution is 0.680. The summed E-state index contributed by atoms with van der Waals surface area (Å²) in [5, 5.41) is 3.48. The SMILES string of the molecule is CCC(C)c1ccc(C(NC)c2c(C)cccc2C)cc1. The molecule has 0 spiro atoms. The Morgan fingerprint density at radius 3 is 1.90 bits per heavy atom. The third-order valence-corrected chi connectivity index (χ3v) is 4.57. The number of rotatable bonds is 5. The van der Waals surface area contributed by atoms with Crippen LogP contribution in [0.4, 0.5) is 0 Å². The van der Waals surface area contributed by atoms with Crippen molar-refractivity contribution in [3.05, 3.63) is 70.3 Å². The van der Waals surface area contributed by atoms with Gasteiger partial charge in [0.2, 0.25) is 0 Å². The summed E-state index contributed by atoms with van der Waals surface area (Å²) in [6.07, 6.45) is 1.19. The number of aryl methyl sites for hydroxylation is 2. The van der Waals surface area contributed by atoms with Gasteiger partial charge in [-0.1, -0.05) is 56.3 Å². The van der Waals surface area contributed by atoms with Gasteiger partial charge in [-0.25, -0.2) is 0 Å². The number of benzene rings is 2. The minimum absolute atomic E-state index is 0.261. The molecule has 0 amide bonds. The van der Waals surface area contributed by atoms with Gasteiger partial charge in [-0.3, -0.25) is 0 Å². The van der Waals surface area contributed by atoms with Crippen LogP contribution in [0.1, 0.15) is 60.0 Å². The fourth-order valence-corrected chi connectivity index (χ4v) is 3.01. The molecule has 1 N–H and O–H groups in total. The summed E-state index contributed by atoms with van der Waals surface area (Å²) < 4.78 is 0. The number of hydrogen-bond acceptors (Lipinski definition) is 1. The van der Waals surface area contributed by atoms with E-state index in [1.807, 2.05) is 7.05 Å². The molecule has 0 aliphatic heterocycles. The van der Waals surface area contributed by atoms with E-state index in [1.165, 1.54) is 34.2 Å². The molecule has 0 aliphatic rings. The van der Waals surface area contributed by atoms with Gasteiger partial charge in [-0.2, -0.15) is 0 Å². The van der Waals surface area contributed by atoms with Crippen LogP contribution in [0.2, 0.25) is 0 Å². The molecule has 2 atom stereocenters. The molecular formula is C20H27N. The smallest absolute Gasteiger partial charge is 0.0579 e. The fraction of sp³-hybridized carbons (Fsp3) is 0.400. The maximum absolute atomic E-state index is 3.48. The highest BCUT2D eigenvalue weighted by molar-refractivity contribution is 5.42. The van der Waals surface area contributed by atoms with Gasteiger partial charge in [0.05, 0.1) is 6.04 Å². The van der Waals surface area contributed by atoms with Crippen molar-refractivity contribution < 1.29 is 0 Å². The highest BCUT2D eigenvalue weighted by Gasteiger charge is 2.16. The van der Waals surface area contributed by atoms with Crippen molar-refractivity contribution in [3.63, 3.8) is 0 Å². The summed E-state index contributed by atoms with van der Waals surface area (Å²) in [7, 11) is 2.04. The van der Waals surface area contributed by atoms with E-state index in [0.29, 0.717) is 5.92 Å². The molecule has 0 radical (unpaired) electrons. The first-order valence-corrected chi connectivity index (χ1v) is 7.91. The summed E-state index contributed by atoms with van der Waals surface area (Å²) in [6.45, 7) is 8.92. The second kappa shape index (κ2) is 6.91. The molecule has 0 saturated heterocycles. The predicted octanol–water partition coefficient (Wildman–Crippen LogP) is 5.13. The maximum Gasteiger partial charge on any atom is 0.0579 e. The van der Waals surface area contributed by atoms with E-state index >= 15 is 0 Å². The summed E-state index contributed by atoms with van der Waals surface area (Å²) in [5.74, 6) is 0.632. The summed E-state index contributed by atoms with van der Waals surface area (Å²) in [5.41, 5.74) is 6.86. The third-order valence-electron chi connectivity index (χ3n) is 4.57. The minimum atomic E-state index is 0.261. The molecule has 0 bridgehead atoms. The van der Waals surface area contributed by atoms with Crippen LogP contribution in [0, 0.1) is 13.8 Å². The molecule has 2 aromatic carbocycles. The van der Waals surface area contributed by atoms with Crippen LogP contribution in [0.3, 0.4) is 0 Å². The second-order valence-electron chi connectivity index (χ2n) is 6.00. The molecule has 0 aromatic heterocycles. The zero-order valence-corrected chi connectivity index (χ0v) is 13.9. The van der Waals surface area contributed by atoms with E-state index < -0.39 is 0 Å². The average Bonchev–Trinajstić information content (AvgIpc) is 2.50. The first kappa shape index (κ1) is 15.8. The zero-order chi connectivity index (χ0) is 15.4. The lowest BCUT2D eigenvalue weighted by Gasteiger charge is -2.22. The molecule has 0 heterocycles. The second-order valence-corrected chi connectivity index (χ2v) is 6.00. The Bertz CT molecular complexity index is 563. The van der Waals surface area contributed by atoms with Crippen molar-refractivity contribution in [1.29, 1.82) is 0 Å². The van der Waals surface area contributed by atoms with Crippen molar-refractivity contribution in [3.8, 4) is 0 Å². The highest BCUT2D eigenvalue weighted by Crippen LogP contribution is 2.29. The van der Waals surface area contributed by atoms with Crippen molar-refractivity contribution in [2.45, 2.75) is 46.1 Å². The fourth-order valence-electron chi connectivity index (χ4n) is 3.01. The Morgan fingerprint density at radius 1 is 0.905 bits per heavy atom. The monoisotopic (exact) mass is 281 g/mol. The van der Waals surface area contributed by atoms with Crippen LogP contribution in [-0.4, -0.2) is 7.05 Å². The highest BCUT2D eigenvalue weighted by atomic mass is 14.9. The van der Waals surface area contributed by atoms with Gasteiger partial charge in [-0.05, 0) is 61.1 Å². The molecule has 1 nitrogen and oxygen atoms in total. The third kappa shape index (κ3) is 3.36. The molecule has 1 heteroatoms. The van der Waals surface area contributed by atoms with Gasteiger partial charge in [0, 0.05) is 0 Å². The van der Waals surface area contributed by atoms with Crippen molar-refractivity contribution >= 4 is 0 Å². The van der Waals surface area contributed by atoms with Gasteiger partial charge in [0.25, 0.3) is 0 Å². The average molecular weight is 281 g/mol. The molecule has 112 valence electrons. The molecule has 0 saturated carbocycles. The van der Waals surface area contributed by atoms with Crippen molar-refractivity contribution in [2.24, 2.45) is 0 Å². The standard InChI is InChI=1S/C20H27N/c1-6-14(2)17-10-12-18(13-11-17)20(21-5)19-15(3)8-7-9-16(19)4/h7-14,20-21H,6H2,1-5H3. The van der Waals surface area contributed by atoms with Gasteiger partial charge in [0.15, 0.2) is 0 Å². The van der Waals surface area contributed by atoms with Gasteiger partial charge < -0.3 is 5.32 Å². The van der Waals surface area contributed by atoms with Crippen LogP contribution < -0.4 is 5.32 Å². The largest absolute Gasteiger partial charge is 0.309 e. The van der Waals surface area contributed by atoms with Gasteiger partial charge in [0.1, 0.15) is 0 Å². The molecule has 2 unspecified atom stereocenters. The molecule has 0 fully saturated rings. The van der Waals surface area contributed by atoms with E-state index in [4.69, 9.17) is 0 Å². The van der Waals surface area contributed by atoms with Crippen LogP contribution in [0.15, 0.2) is 42.5 Å². The van der Waals surface area contributed by atoms with Crippen molar-refractivity contribution in [1.82, 2.24) is 5.32 Å². The van der Waals surface area contributed by atoms with E-state index in [9.17, 15) is 0 Å². The van der Waals surface area contributed by atoms with Crippen LogP contribution in [0.5, 0.6) is 0 Å². The predicted molar refractivity (Wildman–Crippen MR) is 92.0 cm³/mol. The Labute approximate surface area is 129 Å². The van der Waals surface area contributed by atoms with Gasteiger partial charge in [-0.15, -0.1) is 0 Å². The normalized spacial score (nSPS) is 14.0. The molecule has 2 aromatic rings. The summed E-state index contributed by atoms with van der Waals surface area (Å²) in [4.78, 5) is 0. The van der Waals surface area contributed by atoms with E-state index in [-0.39, 0.29) is 6.04 Å². The molecule has 2 rings (SSSR count). The summed E-state index contributed by atoms with van der Waals surface area (Å²) >= 11 is 0. The first-order valence-electron chi connectivity index (χ1n) is 7.91. The maximum atomic E-state index is 3.48. The lowest BCUT2D eigenvalue weighted by Crippen LogP contribution is -2.19. The molecular weight excluding hydrogens is 254 g/mol. The Kier molecular flexibility index (Phi) is 5.19. The molecule has 0 aliphatic carbocycles. The number of hydrogen-bond donors (Lipinski definition) is 1. The van der Waals surface area contributed by atoms with E-state index in [1.54, 1.807) is 0 Å². The number of nitrogens with one attached hydrogen (secondary N) is 1. The quantitative estimate of drug-likeness (QED) is 0.801. The molecule has 21 heavy (non-hydrogen) atoms. The Balaban J connectivity index is 2.38. The van der Waals surface area contributed by atoms with Crippen molar-refractivity contribution in [2.75, 3.05) is 7.05 Å². The first-order chi connectivity index (χ1) is 10.1. The lowest BCUT2D eigenvalue weighted by atomic mass is 9.89. The van der Waals surface area contributed by atoms with Crippen LogP contribution in [0.25, 0.3) is 0 Å².